The molecule has 2 aliphatic rings. The molecule has 0 fully saturated rings. The molecule has 7 nitrogen and oxygen atoms in total. The van der Waals surface area contributed by atoms with Crippen LogP contribution < -0.4 is 19.7 Å². The zero-order valence-corrected chi connectivity index (χ0v) is 15.9. The normalized spacial score (nSPS) is 14.1. The van der Waals surface area contributed by atoms with E-state index in [1.54, 1.807) is 42.6 Å². The third-order valence-electron chi connectivity index (χ3n) is 4.57. The van der Waals surface area contributed by atoms with E-state index in [4.69, 9.17) is 9.47 Å². The number of rotatable bonds is 3. The van der Waals surface area contributed by atoms with E-state index in [1.165, 1.54) is 16.7 Å². The SMILES string of the molecule is O=C(CN1C(=O)c2ccccc2Sc2ncccc21)Nc1ccc2c(c1)OCO2. The van der Waals surface area contributed by atoms with Crippen LogP contribution in [0, 0.1) is 0 Å². The summed E-state index contributed by atoms with van der Waals surface area (Å²) in [6.45, 7) is 0.0245. The fraction of sp³-hybridized carbons (Fsp3) is 0.0952. The monoisotopic (exact) mass is 405 g/mol. The van der Waals surface area contributed by atoms with Gasteiger partial charge in [-0.05, 0) is 36.4 Å². The molecule has 0 saturated carbocycles. The van der Waals surface area contributed by atoms with Gasteiger partial charge in [-0.1, -0.05) is 23.9 Å². The maximum atomic E-state index is 13.2. The van der Waals surface area contributed by atoms with Crippen LogP contribution in [-0.4, -0.2) is 30.1 Å². The average Bonchev–Trinajstić information content (AvgIpc) is 3.16. The van der Waals surface area contributed by atoms with E-state index in [0.717, 1.165) is 4.90 Å². The van der Waals surface area contributed by atoms with Gasteiger partial charge in [0.25, 0.3) is 5.91 Å². The highest BCUT2D eigenvalue weighted by Gasteiger charge is 2.29. The number of benzene rings is 2. The van der Waals surface area contributed by atoms with Crippen LogP contribution in [0.4, 0.5) is 11.4 Å². The Morgan fingerprint density at radius 1 is 1.10 bits per heavy atom. The van der Waals surface area contributed by atoms with Gasteiger partial charge in [-0.3, -0.25) is 14.5 Å². The lowest BCUT2D eigenvalue weighted by molar-refractivity contribution is -0.114. The molecular weight excluding hydrogens is 390 g/mol. The van der Waals surface area contributed by atoms with Crippen LogP contribution in [0.2, 0.25) is 0 Å². The third-order valence-corrected chi connectivity index (χ3v) is 5.65. The summed E-state index contributed by atoms with van der Waals surface area (Å²) < 4.78 is 10.6. The Labute approximate surface area is 170 Å². The highest BCUT2D eigenvalue weighted by atomic mass is 32.2. The molecule has 0 radical (unpaired) electrons. The summed E-state index contributed by atoms with van der Waals surface area (Å²) in [5.41, 5.74) is 1.73. The molecule has 0 spiro atoms. The fourth-order valence-corrected chi connectivity index (χ4v) is 4.25. The van der Waals surface area contributed by atoms with Crippen LogP contribution in [0.3, 0.4) is 0 Å². The number of hydrogen-bond donors (Lipinski definition) is 1. The van der Waals surface area contributed by atoms with Crippen molar-refractivity contribution < 1.29 is 19.1 Å². The van der Waals surface area contributed by atoms with E-state index in [-0.39, 0.29) is 25.2 Å². The van der Waals surface area contributed by atoms with E-state index in [9.17, 15) is 9.59 Å². The lowest BCUT2D eigenvalue weighted by atomic mass is 10.2. The number of pyridine rings is 1. The van der Waals surface area contributed by atoms with E-state index < -0.39 is 0 Å². The first kappa shape index (κ1) is 17.6. The smallest absolute Gasteiger partial charge is 0.259 e. The topological polar surface area (TPSA) is 80.8 Å². The summed E-state index contributed by atoms with van der Waals surface area (Å²) >= 11 is 1.42. The summed E-state index contributed by atoms with van der Waals surface area (Å²) in [5.74, 6) is 0.657. The van der Waals surface area contributed by atoms with Crippen molar-refractivity contribution in [1.82, 2.24) is 4.98 Å². The van der Waals surface area contributed by atoms with E-state index in [2.05, 4.69) is 10.3 Å². The second-order valence-corrected chi connectivity index (χ2v) is 7.46. The summed E-state index contributed by atoms with van der Waals surface area (Å²) in [6.07, 6.45) is 1.68. The minimum Gasteiger partial charge on any atom is -0.454 e. The van der Waals surface area contributed by atoms with Crippen LogP contribution in [-0.2, 0) is 4.79 Å². The summed E-state index contributed by atoms with van der Waals surface area (Å²) in [6, 6.07) is 16.1. The first-order valence-electron chi connectivity index (χ1n) is 8.92. The molecule has 0 atom stereocenters. The van der Waals surface area contributed by atoms with Crippen molar-refractivity contribution in [1.29, 1.82) is 0 Å². The largest absolute Gasteiger partial charge is 0.454 e. The molecule has 1 aromatic heterocycles. The van der Waals surface area contributed by atoms with Crippen molar-refractivity contribution in [3.05, 3.63) is 66.4 Å². The number of amides is 2. The first-order valence-corrected chi connectivity index (χ1v) is 9.74. The molecule has 2 aromatic carbocycles. The van der Waals surface area contributed by atoms with Gasteiger partial charge in [-0.25, -0.2) is 4.98 Å². The molecule has 144 valence electrons. The van der Waals surface area contributed by atoms with Crippen LogP contribution in [0.1, 0.15) is 10.4 Å². The van der Waals surface area contributed by atoms with Gasteiger partial charge in [0.1, 0.15) is 11.6 Å². The highest BCUT2D eigenvalue weighted by Crippen LogP contribution is 2.39. The lowest BCUT2D eigenvalue weighted by Gasteiger charge is -2.22. The summed E-state index contributed by atoms with van der Waals surface area (Å²) in [5, 5.41) is 3.50. The van der Waals surface area contributed by atoms with Crippen molar-refractivity contribution in [2.45, 2.75) is 9.92 Å². The second-order valence-electron chi connectivity index (χ2n) is 6.43. The molecule has 2 aliphatic heterocycles. The maximum Gasteiger partial charge on any atom is 0.259 e. The average molecular weight is 405 g/mol. The Bertz CT molecular complexity index is 1130. The number of fused-ring (bicyclic) bond motifs is 3. The molecule has 3 aromatic rings. The van der Waals surface area contributed by atoms with Gasteiger partial charge in [-0.15, -0.1) is 0 Å². The van der Waals surface area contributed by atoms with E-state index in [1.807, 2.05) is 18.2 Å². The molecule has 1 N–H and O–H groups in total. The van der Waals surface area contributed by atoms with Gasteiger partial charge in [0.15, 0.2) is 11.5 Å². The van der Waals surface area contributed by atoms with Crippen molar-refractivity contribution in [2.75, 3.05) is 23.6 Å². The van der Waals surface area contributed by atoms with Gasteiger partial charge < -0.3 is 14.8 Å². The van der Waals surface area contributed by atoms with Crippen LogP contribution in [0.15, 0.2) is 70.7 Å². The molecule has 3 heterocycles. The molecule has 29 heavy (non-hydrogen) atoms. The van der Waals surface area contributed by atoms with Gasteiger partial charge in [0, 0.05) is 22.8 Å². The third kappa shape index (κ3) is 3.27. The zero-order valence-electron chi connectivity index (χ0n) is 15.1. The number of aromatic nitrogens is 1. The number of carbonyl (C=O) groups is 2. The Morgan fingerprint density at radius 2 is 1.97 bits per heavy atom. The van der Waals surface area contributed by atoms with Crippen molar-refractivity contribution in [3.8, 4) is 11.5 Å². The van der Waals surface area contributed by atoms with Gasteiger partial charge in [0.2, 0.25) is 12.7 Å². The maximum absolute atomic E-state index is 13.2. The number of anilines is 2. The minimum absolute atomic E-state index is 0.138. The molecule has 0 unspecified atom stereocenters. The summed E-state index contributed by atoms with van der Waals surface area (Å²) in [7, 11) is 0. The standard InChI is InChI=1S/C21H15N3O4S/c25-19(23-13-7-8-16-17(10-13)28-12-27-16)11-24-15-5-3-9-22-20(15)29-18-6-2-1-4-14(18)21(24)26/h1-10H,11-12H2,(H,23,25). The molecule has 0 saturated heterocycles. The van der Waals surface area contributed by atoms with Gasteiger partial charge in [-0.2, -0.15) is 0 Å². The summed E-state index contributed by atoms with van der Waals surface area (Å²) in [4.78, 5) is 32.6. The first-order chi connectivity index (χ1) is 14.2. The van der Waals surface area contributed by atoms with Gasteiger partial charge in [0.05, 0.1) is 11.3 Å². The van der Waals surface area contributed by atoms with Crippen LogP contribution >= 0.6 is 11.8 Å². The number of nitrogens with one attached hydrogen (secondary N) is 1. The van der Waals surface area contributed by atoms with Crippen LogP contribution in [0.5, 0.6) is 11.5 Å². The molecular formula is C21H15N3O4S. The Balaban J connectivity index is 1.43. The molecule has 0 bridgehead atoms. The molecule has 8 heteroatoms. The number of carbonyl (C=O) groups excluding carboxylic acids is 2. The molecule has 0 aliphatic carbocycles. The fourth-order valence-electron chi connectivity index (χ4n) is 3.23. The Hall–Kier alpha value is -3.52. The molecule has 5 rings (SSSR count). The minimum atomic E-state index is -0.323. The van der Waals surface area contributed by atoms with E-state index in [0.29, 0.717) is 33.5 Å². The predicted octanol–water partition coefficient (Wildman–Crippen LogP) is 3.56. The van der Waals surface area contributed by atoms with Crippen molar-refractivity contribution in [3.63, 3.8) is 0 Å². The van der Waals surface area contributed by atoms with Gasteiger partial charge >= 0.3 is 0 Å². The van der Waals surface area contributed by atoms with Crippen LogP contribution in [0.25, 0.3) is 0 Å². The zero-order chi connectivity index (χ0) is 19.8. The lowest BCUT2D eigenvalue weighted by Crippen LogP contribution is -2.38. The Morgan fingerprint density at radius 3 is 2.90 bits per heavy atom. The number of hydrogen-bond acceptors (Lipinski definition) is 6. The highest BCUT2D eigenvalue weighted by molar-refractivity contribution is 7.99. The van der Waals surface area contributed by atoms with Crippen molar-refractivity contribution in [2.24, 2.45) is 0 Å². The number of ether oxygens (including phenoxy) is 2. The predicted molar refractivity (Wildman–Crippen MR) is 108 cm³/mol. The Kier molecular flexibility index (Phi) is 4.33. The molecule has 2 amide bonds. The number of nitrogens with zero attached hydrogens (tertiary/aromatic N) is 2. The quantitative estimate of drug-likeness (QED) is 0.718. The van der Waals surface area contributed by atoms with E-state index >= 15 is 0 Å². The second kappa shape index (κ2) is 7.14. The van der Waals surface area contributed by atoms with Crippen molar-refractivity contribution >= 4 is 35.0 Å².